The first-order valence-corrected chi connectivity index (χ1v) is 4.66. The number of rotatable bonds is 1. The van der Waals surface area contributed by atoms with Gasteiger partial charge in [0, 0.05) is 0 Å². The van der Waals surface area contributed by atoms with Crippen LogP contribution in [0.3, 0.4) is 0 Å². The second-order valence-electron chi connectivity index (χ2n) is 2.82. The molecule has 0 fully saturated rings. The van der Waals surface area contributed by atoms with Gasteiger partial charge in [-0.1, -0.05) is 6.07 Å². The Balaban J connectivity index is -0.0000000973. The Morgan fingerprint density at radius 3 is 1.33 bits per heavy atom. The van der Waals surface area contributed by atoms with Crippen LogP contribution >= 0.6 is 0 Å². The zero-order valence-corrected chi connectivity index (χ0v) is 14.3. The Labute approximate surface area is 152 Å². The molecule has 10 nitrogen and oxygen atoms in total. The minimum absolute atomic E-state index is 0. The van der Waals surface area contributed by atoms with E-state index in [0.717, 1.165) is 0 Å². The summed E-state index contributed by atoms with van der Waals surface area (Å²) < 4.78 is 0. The summed E-state index contributed by atoms with van der Waals surface area (Å²) in [5.74, 6) is 0.167. The van der Waals surface area contributed by atoms with Crippen LogP contribution in [0.2, 0.25) is 0 Å². The van der Waals surface area contributed by atoms with Crippen LogP contribution < -0.4 is 0 Å². The number of benzene rings is 1. The average Bonchev–Trinajstić information content (AvgIpc) is 2.28. The maximum absolute atomic E-state index is 9.88. The number of ketones is 1. The minimum atomic E-state index is -1.75. The molecular formula is C10H11N2NdO8. The van der Waals surface area contributed by atoms with Crippen LogP contribution in [0.1, 0.15) is 19.4 Å². The molecule has 0 spiro atoms. The van der Waals surface area contributed by atoms with Crippen molar-refractivity contribution in [2.75, 3.05) is 0 Å². The van der Waals surface area contributed by atoms with Crippen molar-refractivity contribution < 1.29 is 60.6 Å². The molecular weight excluding hydrogens is 420 g/mol. The van der Waals surface area contributed by atoms with E-state index in [-0.39, 0.29) is 46.6 Å². The van der Waals surface area contributed by atoms with Gasteiger partial charge in [-0.05, 0) is 13.8 Å². The van der Waals surface area contributed by atoms with Crippen LogP contribution in [-0.4, -0.2) is 22.2 Å². The summed E-state index contributed by atoms with van der Waals surface area (Å²) in [6.45, 7) is 3.06. The van der Waals surface area contributed by atoms with Gasteiger partial charge < -0.3 is 40.2 Å². The van der Waals surface area contributed by atoms with Crippen LogP contribution in [0.15, 0.2) is 30.3 Å². The first-order valence-electron chi connectivity index (χ1n) is 4.66. The quantitative estimate of drug-likeness (QED) is 0.364. The molecule has 0 aliphatic carbocycles. The van der Waals surface area contributed by atoms with Crippen LogP contribution in [0.25, 0.3) is 0 Å². The summed E-state index contributed by atoms with van der Waals surface area (Å²) >= 11 is 0. The zero-order chi connectivity index (χ0) is 16.6. The van der Waals surface area contributed by atoms with E-state index in [1.165, 1.54) is 13.8 Å². The molecule has 0 N–H and O–H groups in total. The molecule has 1 rings (SSSR count). The third-order valence-electron chi connectivity index (χ3n) is 0.892. The van der Waals surface area contributed by atoms with Crippen molar-refractivity contribution in [3.8, 4) is 0 Å². The summed E-state index contributed by atoms with van der Waals surface area (Å²) in [6.07, 6.45) is 1.78. The molecule has 0 saturated heterocycles. The fraction of sp³-hybridized carbons (Fsp3) is 0.200. The van der Waals surface area contributed by atoms with E-state index in [1.807, 2.05) is 6.07 Å². The summed E-state index contributed by atoms with van der Waals surface area (Å²) in [4.78, 5) is 35.8. The monoisotopic (exact) mass is 429 g/mol. The van der Waals surface area contributed by atoms with E-state index < -0.39 is 10.2 Å². The fourth-order valence-corrected chi connectivity index (χ4v) is 0.506. The van der Waals surface area contributed by atoms with Gasteiger partial charge in [-0.25, -0.2) is 0 Å². The van der Waals surface area contributed by atoms with Gasteiger partial charge in [-0.15, -0.1) is 12.1 Å². The van der Waals surface area contributed by atoms with E-state index in [1.54, 1.807) is 30.6 Å². The third-order valence-corrected chi connectivity index (χ3v) is 0.892. The second kappa shape index (κ2) is 20.6. The van der Waals surface area contributed by atoms with Crippen LogP contribution in [-0.2, 0) is 9.59 Å². The number of hydrogen-bond acceptors (Lipinski definition) is 8. The SMILES string of the molecule is CC(C)=O.O=[C-]c1ccccc1.O=[N+]([O-])[O-].O=[N+]([O-])[O-].[Nd+3]. The van der Waals surface area contributed by atoms with Gasteiger partial charge in [0.2, 0.25) is 0 Å². The molecule has 0 bridgehead atoms. The minimum Gasteiger partial charge on any atom is -0.376 e. The molecule has 0 aromatic heterocycles. The standard InChI is InChI=1S/C7H5O.C3H6O.2NO3.Nd/c8-6-7-4-2-1-3-5-7;1-3(2)4;2*2-1(3)4;/h1-5H;1-2H3;;;/q-1;;2*-1;+3. The van der Waals surface area contributed by atoms with Crippen molar-refractivity contribution >= 4 is 12.1 Å². The maximum Gasteiger partial charge on any atom is 3.00 e. The molecule has 1 radical (unpaired) electrons. The molecule has 113 valence electrons. The zero-order valence-electron chi connectivity index (χ0n) is 11.0. The molecule has 21 heavy (non-hydrogen) atoms. The van der Waals surface area contributed by atoms with E-state index in [9.17, 15) is 9.59 Å². The van der Waals surface area contributed by atoms with Crippen molar-refractivity contribution in [2.24, 2.45) is 0 Å². The number of nitrogens with zero attached hydrogens (tertiary/aromatic N) is 2. The van der Waals surface area contributed by atoms with Gasteiger partial charge in [0.25, 0.3) is 0 Å². The Kier molecular flexibility index (Phi) is 27.1. The maximum atomic E-state index is 9.88. The van der Waals surface area contributed by atoms with E-state index in [4.69, 9.17) is 30.6 Å². The van der Waals surface area contributed by atoms with E-state index in [0.29, 0.717) is 5.56 Å². The van der Waals surface area contributed by atoms with Crippen LogP contribution in [0.4, 0.5) is 0 Å². The fourth-order valence-electron chi connectivity index (χ4n) is 0.506. The Morgan fingerprint density at radius 1 is 0.952 bits per heavy atom. The third kappa shape index (κ3) is 70.5. The van der Waals surface area contributed by atoms with Crippen molar-refractivity contribution in [3.63, 3.8) is 0 Å². The predicted molar refractivity (Wildman–Crippen MR) is 68.3 cm³/mol. The van der Waals surface area contributed by atoms with Crippen molar-refractivity contribution in [1.82, 2.24) is 0 Å². The largest absolute Gasteiger partial charge is 3.00 e. The average molecular weight is 431 g/mol. The topological polar surface area (TPSA) is 167 Å². The summed E-state index contributed by atoms with van der Waals surface area (Å²) in [7, 11) is 0. The number of carbonyl (C=O) groups excluding carboxylic acids is 2. The second-order valence-corrected chi connectivity index (χ2v) is 2.82. The van der Waals surface area contributed by atoms with Gasteiger partial charge in [0.1, 0.15) is 5.78 Å². The van der Waals surface area contributed by atoms with Crippen molar-refractivity contribution in [3.05, 3.63) is 66.5 Å². The van der Waals surface area contributed by atoms with E-state index >= 15 is 0 Å². The molecule has 0 aliphatic rings. The molecule has 1 aromatic rings. The van der Waals surface area contributed by atoms with Gasteiger partial charge in [0.05, 0.1) is 16.5 Å². The first kappa shape index (κ1) is 27.6. The molecule has 0 aliphatic heterocycles. The molecule has 1 aromatic carbocycles. The van der Waals surface area contributed by atoms with Crippen LogP contribution in [0, 0.1) is 71.5 Å². The smallest absolute Gasteiger partial charge is 0.376 e. The Morgan fingerprint density at radius 2 is 1.19 bits per heavy atom. The molecule has 0 saturated carbocycles. The van der Waals surface area contributed by atoms with Gasteiger partial charge in [-0.3, -0.25) is 0 Å². The number of carbonyl (C=O) groups is 1. The number of hydrogen-bond donors (Lipinski definition) is 0. The van der Waals surface area contributed by atoms with Gasteiger partial charge in [-0.2, -0.15) is 17.7 Å². The van der Waals surface area contributed by atoms with Crippen LogP contribution in [0.5, 0.6) is 0 Å². The van der Waals surface area contributed by atoms with Gasteiger partial charge in [0.15, 0.2) is 0 Å². The van der Waals surface area contributed by atoms with Crippen molar-refractivity contribution in [2.45, 2.75) is 13.8 Å². The predicted octanol–water partition coefficient (Wildman–Crippen LogP) is 1.26. The molecule has 0 heterocycles. The Hall–Kier alpha value is -1.69. The summed E-state index contributed by atoms with van der Waals surface area (Å²) in [5, 5.41) is 29.5. The molecule has 0 amide bonds. The van der Waals surface area contributed by atoms with E-state index in [2.05, 4.69) is 0 Å². The molecule has 0 atom stereocenters. The molecule has 0 unspecified atom stereocenters. The summed E-state index contributed by atoms with van der Waals surface area (Å²) in [6, 6.07) is 8.90. The molecule has 11 heteroatoms. The van der Waals surface area contributed by atoms with Gasteiger partial charge >= 0.3 is 40.8 Å². The number of Topliss-reactive ketones (excluding diaryl/α,β-unsaturated/α-hetero) is 1. The first-order chi connectivity index (χ1) is 9.13. The Bertz CT molecular complexity index is 372. The normalized spacial score (nSPS) is 6.76. The van der Waals surface area contributed by atoms with Crippen molar-refractivity contribution in [1.29, 1.82) is 0 Å². The summed E-state index contributed by atoms with van der Waals surface area (Å²) in [5.41, 5.74) is 0.604.